The van der Waals surface area contributed by atoms with Crippen molar-refractivity contribution in [1.29, 1.82) is 0 Å². The van der Waals surface area contributed by atoms with Crippen LogP contribution in [0.2, 0.25) is 14.2 Å². The summed E-state index contributed by atoms with van der Waals surface area (Å²) in [6.45, 7) is 10.7. The Kier molecular flexibility index (Phi) is 10.3. The number of allylic oxidation sites excluding steroid dienone is 4. The molecule has 2 heteroatoms. The summed E-state index contributed by atoms with van der Waals surface area (Å²) in [4.78, 5) is 2.41. The van der Waals surface area contributed by atoms with Crippen molar-refractivity contribution in [2.75, 3.05) is 20.6 Å². The third kappa shape index (κ3) is 5.11. The van der Waals surface area contributed by atoms with Gasteiger partial charge in [0.15, 0.2) is 0 Å². The Hall–Kier alpha value is 0.154. The summed E-state index contributed by atoms with van der Waals surface area (Å²) in [6, 6.07) is 0. The molecule has 145 valence electrons. The Bertz CT molecular complexity index is 438. The molecule has 0 saturated carbocycles. The molecule has 0 fully saturated rings. The molecule has 0 spiro atoms. The molecule has 0 aromatic rings. The SMILES string of the molecule is CCCC1=C(CCC)[C](CCN(C)C)([Ti]([CH3])[CH3])C(CCC)=C1CCC. The summed E-state index contributed by atoms with van der Waals surface area (Å²) in [6.07, 6.45) is 11.9. The van der Waals surface area contributed by atoms with Gasteiger partial charge in [-0.25, -0.2) is 0 Å². The van der Waals surface area contributed by atoms with E-state index >= 15 is 0 Å². The second-order valence-corrected chi connectivity index (χ2v) is 12.8. The van der Waals surface area contributed by atoms with Crippen molar-refractivity contribution < 1.29 is 17.9 Å². The molecule has 0 amide bonds. The van der Waals surface area contributed by atoms with Gasteiger partial charge in [0.1, 0.15) is 0 Å². The van der Waals surface area contributed by atoms with Gasteiger partial charge in [-0.05, 0) is 0 Å². The van der Waals surface area contributed by atoms with Crippen LogP contribution in [0.4, 0.5) is 0 Å². The average molecular weight is 382 g/mol. The van der Waals surface area contributed by atoms with Gasteiger partial charge in [-0.1, -0.05) is 0 Å². The average Bonchev–Trinajstić information content (AvgIpc) is 2.78. The second-order valence-electron chi connectivity index (χ2n) is 8.37. The predicted octanol–water partition coefficient (Wildman–Crippen LogP) is 7.62. The first-order chi connectivity index (χ1) is 11.9. The molecule has 0 heterocycles. The van der Waals surface area contributed by atoms with Crippen LogP contribution in [0.5, 0.6) is 0 Å². The maximum absolute atomic E-state index is 2.65. The zero-order valence-corrected chi connectivity index (χ0v) is 20.1. The van der Waals surface area contributed by atoms with Crippen LogP contribution >= 0.6 is 0 Å². The van der Waals surface area contributed by atoms with Crippen molar-refractivity contribution in [3.63, 3.8) is 0 Å². The molecule has 1 nitrogen and oxygen atoms in total. The number of hydrogen-bond donors (Lipinski definition) is 0. The van der Waals surface area contributed by atoms with Gasteiger partial charge in [0.25, 0.3) is 0 Å². The van der Waals surface area contributed by atoms with E-state index in [1.54, 1.807) is 0 Å². The third-order valence-corrected chi connectivity index (χ3v) is 9.91. The molecule has 0 aromatic carbocycles. The first-order valence-corrected chi connectivity index (χ1v) is 14.7. The molecule has 0 N–H and O–H groups in total. The van der Waals surface area contributed by atoms with Crippen molar-refractivity contribution >= 4 is 0 Å². The number of rotatable bonds is 12. The van der Waals surface area contributed by atoms with E-state index in [0.717, 1.165) is 0 Å². The van der Waals surface area contributed by atoms with Gasteiger partial charge >= 0.3 is 165 Å². The van der Waals surface area contributed by atoms with Gasteiger partial charge in [0, 0.05) is 0 Å². The molecular formula is C23H44NTi. The Balaban J connectivity index is 3.60. The van der Waals surface area contributed by atoms with E-state index in [4.69, 9.17) is 0 Å². The van der Waals surface area contributed by atoms with Crippen molar-refractivity contribution in [3.05, 3.63) is 22.3 Å². The van der Waals surface area contributed by atoms with Gasteiger partial charge in [-0.3, -0.25) is 0 Å². The first-order valence-electron chi connectivity index (χ1n) is 10.8. The topological polar surface area (TPSA) is 3.24 Å². The van der Waals surface area contributed by atoms with Gasteiger partial charge in [0.05, 0.1) is 0 Å². The fourth-order valence-corrected chi connectivity index (χ4v) is 8.64. The van der Waals surface area contributed by atoms with Crippen LogP contribution in [0.15, 0.2) is 22.3 Å². The maximum atomic E-state index is 2.65. The quantitative estimate of drug-likeness (QED) is 0.314. The second kappa shape index (κ2) is 11.1. The zero-order valence-electron chi connectivity index (χ0n) is 18.5. The summed E-state index contributed by atoms with van der Waals surface area (Å²) in [5.74, 6) is 0. The number of hydrogen-bond acceptors (Lipinski definition) is 1. The van der Waals surface area contributed by atoms with Crippen molar-refractivity contribution in [2.24, 2.45) is 0 Å². The molecule has 1 aliphatic rings. The van der Waals surface area contributed by atoms with E-state index in [0.29, 0.717) is 3.72 Å². The van der Waals surface area contributed by atoms with Crippen LogP contribution in [0.25, 0.3) is 0 Å². The van der Waals surface area contributed by atoms with Gasteiger partial charge in [-0.15, -0.1) is 0 Å². The van der Waals surface area contributed by atoms with Crippen molar-refractivity contribution in [2.45, 2.75) is 99.7 Å². The van der Waals surface area contributed by atoms with Crippen LogP contribution in [-0.4, -0.2) is 25.5 Å². The minimum atomic E-state index is -1.18. The van der Waals surface area contributed by atoms with Crippen LogP contribution in [0.1, 0.15) is 85.5 Å². The van der Waals surface area contributed by atoms with Crippen molar-refractivity contribution in [3.8, 4) is 0 Å². The van der Waals surface area contributed by atoms with Crippen LogP contribution in [0, 0.1) is 0 Å². The summed E-state index contributed by atoms with van der Waals surface area (Å²) >= 11 is -1.18. The summed E-state index contributed by atoms with van der Waals surface area (Å²) in [5.41, 5.74) is 7.46. The van der Waals surface area contributed by atoms with E-state index in [9.17, 15) is 0 Å². The van der Waals surface area contributed by atoms with E-state index in [2.05, 4.69) is 57.1 Å². The van der Waals surface area contributed by atoms with Gasteiger partial charge < -0.3 is 0 Å². The van der Waals surface area contributed by atoms with E-state index < -0.39 is 17.9 Å². The summed E-state index contributed by atoms with van der Waals surface area (Å²) in [7, 11) is 4.50. The molecule has 0 aliphatic heterocycles. The fraction of sp³-hybridized carbons (Fsp3) is 0.826. The summed E-state index contributed by atoms with van der Waals surface area (Å²) < 4.78 is 0.491. The van der Waals surface area contributed by atoms with Crippen LogP contribution in [0.3, 0.4) is 0 Å². The van der Waals surface area contributed by atoms with Crippen LogP contribution < -0.4 is 0 Å². The molecule has 0 radical (unpaired) electrons. The fourth-order valence-electron chi connectivity index (χ4n) is 4.94. The monoisotopic (exact) mass is 382 g/mol. The van der Waals surface area contributed by atoms with Crippen molar-refractivity contribution in [1.82, 2.24) is 4.90 Å². The molecular weight excluding hydrogens is 338 g/mol. The molecule has 1 rings (SSSR count). The Morgan fingerprint density at radius 3 is 1.40 bits per heavy atom. The molecule has 0 saturated heterocycles. The standard InChI is InChI=1S/C21H38N.2CH3.Ti/c1-7-11-17-18(12-8-2)20(14-10-4)21(15-16-22(5)6)19(17)13-9-3;;;/h7-16H2,1-6H3;2*1H3;. The first kappa shape index (κ1) is 23.2. The van der Waals surface area contributed by atoms with Gasteiger partial charge in [-0.2, -0.15) is 0 Å². The molecule has 1 aliphatic carbocycles. The van der Waals surface area contributed by atoms with Gasteiger partial charge in [0.2, 0.25) is 0 Å². The molecule has 0 atom stereocenters. The zero-order chi connectivity index (χ0) is 19.0. The molecule has 0 unspecified atom stereocenters. The Labute approximate surface area is 165 Å². The Morgan fingerprint density at radius 2 is 1.12 bits per heavy atom. The van der Waals surface area contributed by atoms with Crippen LogP contribution in [-0.2, 0) is 17.9 Å². The predicted molar refractivity (Wildman–Crippen MR) is 111 cm³/mol. The van der Waals surface area contributed by atoms with E-state index in [-0.39, 0.29) is 0 Å². The summed E-state index contributed by atoms with van der Waals surface area (Å²) in [5, 5.41) is 5.30. The molecule has 0 aromatic heterocycles. The third-order valence-electron chi connectivity index (χ3n) is 5.91. The van der Waals surface area contributed by atoms with E-state index in [1.165, 1.54) is 64.3 Å². The normalized spacial score (nSPS) is 17.2. The molecule has 25 heavy (non-hydrogen) atoms. The Morgan fingerprint density at radius 1 is 0.720 bits per heavy atom. The number of nitrogens with zero attached hydrogens (tertiary/aromatic N) is 1. The minimum absolute atomic E-state index is 0.491. The molecule has 0 bridgehead atoms. The van der Waals surface area contributed by atoms with E-state index in [1.807, 2.05) is 22.3 Å².